The van der Waals surface area contributed by atoms with Crippen LogP contribution in [0.3, 0.4) is 0 Å². The number of methoxy groups -OCH3 is 3. The topological polar surface area (TPSA) is 93.5 Å². The Morgan fingerprint density at radius 2 is 1.65 bits per heavy atom. The Morgan fingerprint density at radius 3 is 2.38 bits per heavy atom. The summed E-state index contributed by atoms with van der Waals surface area (Å²) in [4.78, 5) is 17.5. The molecular weight excluding hydrogens is 436 g/mol. The van der Waals surface area contributed by atoms with Crippen molar-refractivity contribution in [2.45, 2.75) is 6.54 Å². The van der Waals surface area contributed by atoms with Crippen LogP contribution in [0.1, 0.15) is 5.82 Å². The van der Waals surface area contributed by atoms with Crippen molar-refractivity contribution in [3.8, 4) is 34.3 Å². The molecule has 2 heterocycles. The average Bonchev–Trinajstić information content (AvgIpc) is 3.43. The van der Waals surface area contributed by atoms with Crippen LogP contribution in [0.4, 0.5) is 0 Å². The molecule has 0 saturated carbocycles. The van der Waals surface area contributed by atoms with Crippen LogP contribution < -0.4 is 20.0 Å². The van der Waals surface area contributed by atoms with Crippen LogP contribution in [0.25, 0.3) is 28.1 Å². The van der Waals surface area contributed by atoms with Crippen molar-refractivity contribution in [3.63, 3.8) is 0 Å². The molecule has 0 spiro atoms. The zero-order valence-electron chi connectivity index (χ0n) is 18.9. The number of benzene rings is 3. The number of fused-ring (bicyclic) bond motifs is 1. The summed E-state index contributed by atoms with van der Waals surface area (Å²) in [5, 5.41) is 4.02. The predicted molar refractivity (Wildman–Crippen MR) is 126 cm³/mol. The number of nitrogens with zero attached hydrogens (tertiary/aromatic N) is 4. The van der Waals surface area contributed by atoms with Gasteiger partial charge in [0, 0.05) is 11.3 Å². The highest BCUT2D eigenvalue weighted by molar-refractivity contribution is 5.78. The Balaban J connectivity index is 1.63. The molecule has 0 radical (unpaired) electrons. The summed E-state index contributed by atoms with van der Waals surface area (Å²) in [6, 6.07) is 20.8. The van der Waals surface area contributed by atoms with Crippen LogP contribution in [-0.2, 0) is 6.54 Å². The van der Waals surface area contributed by atoms with E-state index in [4.69, 9.17) is 23.7 Å². The van der Waals surface area contributed by atoms with E-state index in [1.54, 1.807) is 39.5 Å². The third kappa shape index (κ3) is 3.66. The lowest BCUT2D eigenvalue weighted by atomic mass is 10.2. The van der Waals surface area contributed by atoms with E-state index >= 15 is 0 Å². The minimum absolute atomic E-state index is 0.146. The molecular formula is C25H22N4O5. The van der Waals surface area contributed by atoms with Crippen molar-refractivity contribution in [1.82, 2.24) is 19.3 Å². The van der Waals surface area contributed by atoms with Crippen molar-refractivity contribution in [2.75, 3.05) is 21.3 Å². The maximum atomic E-state index is 12.7. The van der Waals surface area contributed by atoms with Gasteiger partial charge in [-0.3, -0.25) is 9.09 Å². The summed E-state index contributed by atoms with van der Waals surface area (Å²) in [6.45, 7) is 0.146. The van der Waals surface area contributed by atoms with Crippen LogP contribution in [0.2, 0.25) is 0 Å². The fourth-order valence-electron chi connectivity index (χ4n) is 3.93. The normalized spacial score (nSPS) is 11.0. The highest BCUT2D eigenvalue weighted by Gasteiger charge is 2.20. The molecule has 0 N–H and O–H groups in total. The number of hydrogen-bond acceptors (Lipinski definition) is 7. The van der Waals surface area contributed by atoms with Gasteiger partial charge in [0.25, 0.3) is 0 Å². The maximum absolute atomic E-state index is 12.7. The Bertz CT molecular complexity index is 1510. The Morgan fingerprint density at radius 1 is 0.882 bits per heavy atom. The fourth-order valence-corrected chi connectivity index (χ4v) is 3.93. The van der Waals surface area contributed by atoms with Gasteiger partial charge in [-0.2, -0.15) is 0 Å². The van der Waals surface area contributed by atoms with Gasteiger partial charge in [-0.15, -0.1) is 0 Å². The van der Waals surface area contributed by atoms with Gasteiger partial charge in [0.2, 0.25) is 0 Å². The van der Waals surface area contributed by atoms with E-state index in [1.165, 1.54) is 4.57 Å². The summed E-state index contributed by atoms with van der Waals surface area (Å²) in [5.74, 6) is 2.27. The molecule has 0 bridgehead atoms. The SMILES string of the molecule is COc1ccc(-n2c(Cn3c(-c4ccc(OC)c(OC)c4)noc3=O)nc3ccccc32)cc1. The van der Waals surface area contributed by atoms with E-state index in [0.29, 0.717) is 28.7 Å². The first-order chi connectivity index (χ1) is 16.6. The monoisotopic (exact) mass is 458 g/mol. The first-order valence-corrected chi connectivity index (χ1v) is 10.5. The fraction of sp³-hybridized carbons (Fsp3) is 0.160. The molecule has 0 unspecified atom stereocenters. The standard InChI is InChI=1S/C25H22N4O5/c1-31-18-11-9-17(10-12-18)29-20-7-5-4-6-19(20)26-23(29)15-28-24(27-34-25(28)30)16-8-13-21(32-2)22(14-16)33-3/h4-14H,15H2,1-3H3. The second-order valence-corrected chi connectivity index (χ2v) is 7.48. The molecule has 2 aromatic heterocycles. The van der Waals surface area contributed by atoms with Crippen LogP contribution >= 0.6 is 0 Å². The number of ether oxygens (including phenoxy) is 3. The molecule has 0 amide bonds. The Labute approximate surface area is 194 Å². The van der Waals surface area contributed by atoms with Gasteiger partial charge in [0.15, 0.2) is 17.3 Å². The Hall–Kier alpha value is -4.53. The average molecular weight is 458 g/mol. The van der Waals surface area contributed by atoms with Crippen molar-refractivity contribution >= 4 is 11.0 Å². The minimum atomic E-state index is -0.585. The van der Waals surface area contributed by atoms with E-state index in [1.807, 2.05) is 53.1 Å². The molecule has 5 aromatic rings. The van der Waals surface area contributed by atoms with Gasteiger partial charge >= 0.3 is 5.76 Å². The van der Waals surface area contributed by atoms with E-state index in [9.17, 15) is 4.79 Å². The second kappa shape index (κ2) is 8.78. The molecule has 9 heteroatoms. The highest BCUT2D eigenvalue weighted by Crippen LogP contribution is 2.32. The van der Waals surface area contributed by atoms with Gasteiger partial charge in [-0.25, -0.2) is 14.3 Å². The van der Waals surface area contributed by atoms with Crippen LogP contribution in [-0.4, -0.2) is 40.6 Å². The van der Waals surface area contributed by atoms with E-state index < -0.39 is 5.76 Å². The molecule has 0 fully saturated rings. The zero-order valence-corrected chi connectivity index (χ0v) is 18.9. The lowest BCUT2D eigenvalue weighted by molar-refractivity contribution is 0.355. The van der Waals surface area contributed by atoms with Gasteiger partial charge in [0.05, 0.1) is 38.9 Å². The molecule has 0 saturated heterocycles. The van der Waals surface area contributed by atoms with E-state index in [2.05, 4.69) is 5.16 Å². The van der Waals surface area contributed by atoms with Crippen molar-refractivity contribution < 1.29 is 18.7 Å². The van der Waals surface area contributed by atoms with Crippen molar-refractivity contribution in [1.29, 1.82) is 0 Å². The largest absolute Gasteiger partial charge is 0.497 e. The zero-order chi connectivity index (χ0) is 23.7. The molecule has 9 nitrogen and oxygen atoms in total. The number of rotatable bonds is 7. The number of aromatic nitrogens is 4. The summed E-state index contributed by atoms with van der Waals surface area (Å²) < 4.78 is 24.5. The first kappa shape index (κ1) is 21.3. The molecule has 172 valence electrons. The molecule has 3 aromatic carbocycles. The number of hydrogen-bond donors (Lipinski definition) is 0. The summed E-state index contributed by atoms with van der Waals surface area (Å²) in [5.41, 5.74) is 3.27. The van der Waals surface area contributed by atoms with Gasteiger partial charge in [-0.1, -0.05) is 17.3 Å². The van der Waals surface area contributed by atoms with Gasteiger partial charge in [-0.05, 0) is 54.6 Å². The minimum Gasteiger partial charge on any atom is -0.497 e. The maximum Gasteiger partial charge on any atom is 0.442 e. The van der Waals surface area contributed by atoms with Crippen LogP contribution in [0.5, 0.6) is 17.2 Å². The quantitative estimate of drug-likeness (QED) is 0.365. The predicted octanol–water partition coefficient (Wildman–Crippen LogP) is 3.92. The van der Waals surface area contributed by atoms with Crippen molar-refractivity contribution in [2.24, 2.45) is 0 Å². The highest BCUT2D eigenvalue weighted by atomic mass is 16.5. The molecule has 0 aliphatic rings. The molecule has 0 aliphatic carbocycles. The lowest BCUT2D eigenvalue weighted by Gasteiger charge is -2.12. The molecule has 0 aliphatic heterocycles. The first-order valence-electron chi connectivity index (χ1n) is 10.5. The second-order valence-electron chi connectivity index (χ2n) is 7.48. The smallest absolute Gasteiger partial charge is 0.442 e. The third-order valence-corrected chi connectivity index (χ3v) is 5.59. The molecule has 0 atom stereocenters. The third-order valence-electron chi connectivity index (χ3n) is 5.59. The Kier molecular flexibility index (Phi) is 5.51. The number of imidazole rings is 1. The van der Waals surface area contributed by atoms with Crippen molar-refractivity contribution in [3.05, 3.63) is 83.1 Å². The van der Waals surface area contributed by atoms with Gasteiger partial charge in [0.1, 0.15) is 11.6 Å². The van der Waals surface area contributed by atoms with E-state index in [-0.39, 0.29) is 6.54 Å². The lowest BCUT2D eigenvalue weighted by Crippen LogP contribution is -2.19. The summed E-state index contributed by atoms with van der Waals surface area (Å²) in [7, 11) is 4.74. The molecule has 5 rings (SSSR count). The van der Waals surface area contributed by atoms with E-state index in [0.717, 1.165) is 22.5 Å². The molecule has 34 heavy (non-hydrogen) atoms. The number of para-hydroxylation sites is 2. The van der Waals surface area contributed by atoms with Crippen LogP contribution in [0.15, 0.2) is 76.0 Å². The van der Waals surface area contributed by atoms with Crippen LogP contribution in [0, 0.1) is 0 Å². The van der Waals surface area contributed by atoms with Gasteiger partial charge < -0.3 is 14.2 Å². The summed E-state index contributed by atoms with van der Waals surface area (Å²) in [6.07, 6.45) is 0. The summed E-state index contributed by atoms with van der Waals surface area (Å²) >= 11 is 0.